The first-order valence-electron chi connectivity index (χ1n) is 11.9. The minimum absolute atomic E-state index is 0.0519. The maximum atomic E-state index is 14.0. The Balaban J connectivity index is 3.50. The molecule has 0 radical (unpaired) electrons. The van der Waals surface area contributed by atoms with Crippen molar-refractivity contribution in [2.24, 2.45) is 5.92 Å². The standard InChI is InChI=1S/C26H43BrN2O4Si/c1-9-16-28-23(31)22(19(2)3)29-24(32)26(15-10-17-30,33-34(7,8)25(4,5)6)18-20-11-13-21(27)14-12-20/h9,11-14,19,22,30H,1,10,15-18H2,2-8H3,(H,28,31)(H,29,32)/t22-,26+/m0/s1. The molecule has 1 rings (SSSR count). The Bertz CT molecular complexity index is 821. The summed E-state index contributed by atoms with van der Waals surface area (Å²) in [6.45, 7) is 18.3. The quantitative estimate of drug-likeness (QED) is 0.237. The molecule has 192 valence electrons. The van der Waals surface area contributed by atoms with Gasteiger partial charge in [0.1, 0.15) is 11.6 Å². The molecule has 34 heavy (non-hydrogen) atoms. The molecule has 8 heteroatoms. The molecule has 0 aliphatic carbocycles. The summed E-state index contributed by atoms with van der Waals surface area (Å²) < 4.78 is 7.84. The highest BCUT2D eigenvalue weighted by Crippen LogP contribution is 2.41. The fourth-order valence-corrected chi connectivity index (χ4v) is 5.26. The van der Waals surface area contributed by atoms with E-state index in [4.69, 9.17) is 4.43 Å². The van der Waals surface area contributed by atoms with Crippen LogP contribution in [0.1, 0.15) is 53.0 Å². The van der Waals surface area contributed by atoms with E-state index in [0.717, 1.165) is 10.0 Å². The zero-order valence-corrected chi connectivity index (χ0v) is 24.4. The van der Waals surface area contributed by atoms with Crippen molar-refractivity contribution in [1.29, 1.82) is 0 Å². The summed E-state index contributed by atoms with van der Waals surface area (Å²) in [4.78, 5) is 26.8. The third-order valence-corrected chi connectivity index (χ3v) is 11.5. The van der Waals surface area contributed by atoms with Gasteiger partial charge in [0.25, 0.3) is 5.91 Å². The van der Waals surface area contributed by atoms with Crippen LogP contribution < -0.4 is 10.6 Å². The Morgan fingerprint density at radius 3 is 2.26 bits per heavy atom. The maximum Gasteiger partial charge on any atom is 0.252 e. The van der Waals surface area contributed by atoms with Crippen molar-refractivity contribution in [3.8, 4) is 0 Å². The second kappa shape index (κ2) is 13.0. The molecule has 3 N–H and O–H groups in total. The van der Waals surface area contributed by atoms with Gasteiger partial charge in [-0.1, -0.05) is 68.8 Å². The number of aliphatic hydroxyl groups is 1. The van der Waals surface area contributed by atoms with Crippen LogP contribution in [-0.4, -0.2) is 50.0 Å². The average molecular weight is 556 g/mol. The third-order valence-electron chi connectivity index (χ3n) is 6.47. The average Bonchev–Trinajstić information content (AvgIpc) is 2.74. The summed E-state index contributed by atoms with van der Waals surface area (Å²) in [6.07, 6.45) is 2.71. The normalized spacial score (nSPS) is 14.9. The van der Waals surface area contributed by atoms with E-state index in [-0.39, 0.29) is 29.4 Å². The SMILES string of the molecule is C=CCNC(=O)[C@@H](NC(=O)[C@@](CCCO)(Cc1ccc(Br)cc1)O[Si](C)(C)C(C)(C)C)C(C)C. The van der Waals surface area contributed by atoms with E-state index in [9.17, 15) is 14.7 Å². The second-order valence-corrected chi connectivity index (χ2v) is 16.4. The highest BCUT2D eigenvalue weighted by atomic mass is 79.9. The topological polar surface area (TPSA) is 87.7 Å². The van der Waals surface area contributed by atoms with Gasteiger partial charge < -0.3 is 20.2 Å². The van der Waals surface area contributed by atoms with Crippen molar-refractivity contribution in [2.75, 3.05) is 13.2 Å². The number of aliphatic hydroxyl groups excluding tert-OH is 1. The molecule has 1 aromatic rings. The van der Waals surface area contributed by atoms with Gasteiger partial charge in [0.15, 0.2) is 8.32 Å². The van der Waals surface area contributed by atoms with Crippen molar-refractivity contribution in [2.45, 2.75) is 83.7 Å². The van der Waals surface area contributed by atoms with E-state index in [2.05, 4.69) is 67.0 Å². The van der Waals surface area contributed by atoms with Gasteiger partial charge in [0.05, 0.1) is 0 Å². The smallest absolute Gasteiger partial charge is 0.252 e. The van der Waals surface area contributed by atoms with E-state index in [0.29, 0.717) is 25.8 Å². The molecule has 0 aliphatic heterocycles. The Hall–Kier alpha value is -1.48. The Morgan fingerprint density at radius 2 is 1.79 bits per heavy atom. The van der Waals surface area contributed by atoms with E-state index in [1.807, 2.05) is 38.1 Å². The van der Waals surface area contributed by atoms with Gasteiger partial charge in [-0.05, 0) is 54.6 Å². The molecule has 0 aromatic heterocycles. The molecule has 0 bridgehead atoms. The van der Waals surface area contributed by atoms with Gasteiger partial charge in [-0.25, -0.2) is 0 Å². The fourth-order valence-electron chi connectivity index (χ4n) is 3.44. The molecule has 0 saturated carbocycles. The second-order valence-electron chi connectivity index (χ2n) is 10.7. The van der Waals surface area contributed by atoms with E-state index in [1.165, 1.54) is 0 Å². The van der Waals surface area contributed by atoms with E-state index >= 15 is 0 Å². The highest BCUT2D eigenvalue weighted by molar-refractivity contribution is 9.10. The van der Waals surface area contributed by atoms with Crippen molar-refractivity contribution in [1.82, 2.24) is 10.6 Å². The van der Waals surface area contributed by atoms with Gasteiger partial charge in [-0.15, -0.1) is 6.58 Å². The zero-order chi connectivity index (χ0) is 26.2. The molecule has 0 aliphatic rings. The number of rotatable bonds is 13. The first kappa shape index (κ1) is 30.5. The zero-order valence-electron chi connectivity index (χ0n) is 21.8. The van der Waals surface area contributed by atoms with Gasteiger partial charge in [-0.2, -0.15) is 0 Å². The van der Waals surface area contributed by atoms with Crippen LogP contribution >= 0.6 is 15.9 Å². The van der Waals surface area contributed by atoms with Crippen LogP contribution in [0.4, 0.5) is 0 Å². The number of carbonyl (C=O) groups excluding carboxylic acids is 2. The molecule has 0 fully saturated rings. The number of hydrogen-bond donors (Lipinski definition) is 3. The molecule has 6 nitrogen and oxygen atoms in total. The molecule has 1 aromatic carbocycles. The summed E-state index contributed by atoms with van der Waals surface area (Å²) >= 11 is 3.47. The molecule has 0 heterocycles. The number of amides is 2. The molecule has 0 unspecified atom stereocenters. The molecule has 2 atom stereocenters. The van der Waals surface area contributed by atoms with Crippen molar-refractivity contribution < 1.29 is 19.1 Å². The maximum absolute atomic E-state index is 14.0. The largest absolute Gasteiger partial charge is 0.402 e. The van der Waals surface area contributed by atoms with Crippen LogP contribution in [0.25, 0.3) is 0 Å². The van der Waals surface area contributed by atoms with Crippen LogP contribution in [0, 0.1) is 5.92 Å². The molecular weight excluding hydrogens is 512 g/mol. The monoisotopic (exact) mass is 554 g/mol. The number of hydrogen-bond acceptors (Lipinski definition) is 4. The van der Waals surface area contributed by atoms with E-state index < -0.39 is 20.0 Å². The Kier molecular flexibility index (Phi) is 11.7. The van der Waals surface area contributed by atoms with Crippen LogP contribution in [0.3, 0.4) is 0 Å². The van der Waals surface area contributed by atoms with Crippen LogP contribution in [0.2, 0.25) is 18.1 Å². The molecule has 2 amide bonds. The molecule has 0 spiro atoms. The number of halogens is 1. The van der Waals surface area contributed by atoms with Gasteiger partial charge in [0, 0.05) is 24.0 Å². The summed E-state index contributed by atoms with van der Waals surface area (Å²) in [5, 5.41) is 15.3. The summed E-state index contributed by atoms with van der Waals surface area (Å²) in [7, 11) is -2.41. The Labute approximate surface area is 215 Å². The number of benzene rings is 1. The minimum atomic E-state index is -2.41. The summed E-state index contributed by atoms with van der Waals surface area (Å²) in [6, 6.07) is 7.11. The lowest BCUT2D eigenvalue weighted by Gasteiger charge is -2.45. The Morgan fingerprint density at radius 1 is 1.21 bits per heavy atom. The first-order valence-corrected chi connectivity index (χ1v) is 15.6. The van der Waals surface area contributed by atoms with Crippen molar-refractivity contribution in [3.05, 3.63) is 47.0 Å². The van der Waals surface area contributed by atoms with Crippen LogP contribution in [0.5, 0.6) is 0 Å². The predicted octanol–water partition coefficient (Wildman–Crippen LogP) is 4.97. The highest BCUT2D eigenvalue weighted by Gasteiger charge is 2.49. The third kappa shape index (κ3) is 8.63. The lowest BCUT2D eigenvalue weighted by atomic mass is 9.88. The number of carbonyl (C=O) groups is 2. The molecule has 0 saturated heterocycles. The van der Waals surface area contributed by atoms with Crippen LogP contribution in [-0.2, 0) is 20.4 Å². The van der Waals surface area contributed by atoms with Crippen molar-refractivity contribution >= 4 is 36.1 Å². The van der Waals surface area contributed by atoms with E-state index in [1.54, 1.807) is 6.08 Å². The number of nitrogens with one attached hydrogen (secondary N) is 2. The predicted molar refractivity (Wildman–Crippen MR) is 145 cm³/mol. The van der Waals surface area contributed by atoms with Crippen molar-refractivity contribution in [3.63, 3.8) is 0 Å². The van der Waals surface area contributed by atoms with Gasteiger partial charge >= 0.3 is 0 Å². The summed E-state index contributed by atoms with van der Waals surface area (Å²) in [5.74, 6) is -0.693. The lowest BCUT2D eigenvalue weighted by molar-refractivity contribution is -0.142. The van der Waals surface area contributed by atoms with Gasteiger partial charge in [-0.3, -0.25) is 9.59 Å². The first-order chi connectivity index (χ1) is 15.7. The lowest BCUT2D eigenvalue weighted by Crippen LogP contribution is -2.61. The molecular formula is C26H43BrN2O4Si. The summed E-state index contributed by atoms with van der Waals surface area (Å²) in [5.41, 5.74) is -0.266. The van der Waals surface area contributed by atoms with Gasteiger partial charge in [0.2, 0.25) is 5.91 Å². The fraction of sp³-hybridized carbons (Fsp3) is 0.615. The van der Waals surface area contributed by atoms with Crippen LogP contribution in [0.15, 0.2) is 41.4 Å². The minimum Gasteiger partial charge on any atom is -0.402 e.